The third kappa shape index (κ3) is 9.85. The van der Waals surface area contributed by atoms with E-state index in [2.05, 4.69) is 20.6 Å². The van der Waals surface area contributed by atoms with E-state index in [-0.39, 0.29) is 0 Å². The molecule has 0 bridgehead atoms. The molecule has 0 atom stereocenters. The molecule has 0 aliphatic carbocycles. The van der Waals surface area contributed by atoms with Crippen molar-refractivity contribution < 1.29 is 18.1 Å². The van der Waals surface area contributed by atoms with Crippen LogP contribution in [0.1, 0.15) is 81.1 Å². The van der Waals surface area contributed by atoms with Crippen molar-refractivity contribution in [2.75, 3.05) is 0 Å². The fraction of sp³-hybridized carbons (Fsp3) is 0.750. The van der Waals surface area contributed by atoms with Crippen LogP contribution in [-0.2, 0) is 18.1 Å². The Labute approximate surface area is 152 Å². The average Bonchev–Trinajstić information content (AvgIpc) is 2.65. The van der Waals surface area contributed by atoms with Crippen molar-refractivity contribution in [3.05, 3.63) is 0 Å². The highest BCUT2D eigenvalue weighted by Gasteiger charge is 2.63. The summed E-state index contributed by atoms with van der Waals surface area (Å²) in [6, 6.07) is 0. The average molecular weight is 373 g/mol. The van der Waals surface area contributed by atoms with Crippen molar-refractivity contribution >= 4 is 31.9 Å². The summed E-state index contributed by atoms with van der Waals surface area (Å²) in [5.74, 6) is 0. The number of hydrogen-bond donors (Lipinski definition) is 0. The molecule has 9 heteroatoms. The van der Waals surface area contributed by atoms with Gasteiger partial charge >= 0.3 is 9.05 Å². The SMILES string of the molecule is CC/C(C)=N\O[Si](O/N=C(\C)CC)(O/N=C(\C)CC)O/N=C(\C)CC. The Morgan fingerprint density at radius 2 is 0.720 bits per heavy atom. The zero-order valence-electron chi connectivity index (χ0n) is 16.8. The van der Waals surface area contributed by atoms with Gasteiger partial charge in [-0.2, -0.15) is 0 Å². The van der Waals surface area contributed by atoms with E-state index in [9.17, 15) is 0 Å². The van der Waals surface area contributed by atoms with E-state index < -0.39 is 9.05 Å². The Hall–Kier alpha value is -1.90. The molecule has 25 heavy (non-hydrogen) atoms. The van der Waals surface area contributed by atoms with Gasteiger partial charge in [-0.25, -0.2) is 0 Å². The minimum Gasteiger partial charge on any atom is -0.340 e. The molecule has 0 aromatic heterocycles. The third-order valence-electron chi connectivity index (χ3n) is 3.30. The van der Waals surface area contributed by atoms with Gasteiger partial charge in [-0.05, 0) is 53.4 Å². The molecule has 0 amide bonds. The highest BCUT2D eigenvalue weighted by Crippen LogP contribution is 2.16. The second-order valence-corrected chi connectivity index (χ2v) is 7.32. The van der Waals surface area contributed by atoms with E-state index in [1.54, 1.807) is 0 Å². The van der Waals surface area contributed by atoms with Crippen molar-refractivity contribution in [3.63, 3.8) is 0 Å². The zero-order valence-corrected chi connectivity index (χ0v) is 17.8. The van der Waals surface area contributed by atoms with Crippen LogP contribution in [0.15, 0.2) is 20.6 Å². The van der Waals surface area contributed by atoms with Gasteiger partial charge in [0, 0.05) is 0 Å². The Bertz CT molecular complexity index is 425. The van der Waals surface area contributed by atoms with Crippen LogP contribution in [0, 0.1) is 0 Å². The van der Waals surface area contributed by atoms with Gasteiger partial charge in [0.2, 0.25) is 0 Å². The first kappa shape index (κ1) is 23.1. The molecular formula is C16H32N4O4Si. The maximum Gasteiger partial charge on any atom is 1.05 e. The first-order chi connectivity index (χ1) is 11.8. The fourth-order valence-corrected chi connectivity index (χ4v) is 2.16. The number of oxime groups is 4. The predicted octanol–water partition coefficient (Wildman–Crippen LogP) is 4.63. The lowest BCUT2D eigenvalue weighted by Crippen LogP contribution is -2.45. The minimum absolute atomic E-state index is 0.718. The number of nitrogens with zero attached hydrogens (tertiary/aromatic N) is 4. The second kappa shape index (κ2) is 12.5. The van der Waals surface area contributed by atoms with E-state index in [1.165, 1.54) is 0 Å². The van der Waals surface area contributed by atoms with Crippen LogP contribution in [0.3, 0.4) is 0 Å². The van der Waals surface area contributed by atoms with Crippen molar-refractivity contribution in [1.82, 2.24) is 0 Å². The van der Waals surface area contributed by atoms with Crippen LogP contribution in [0.2, 0.25) is 0 Å². The van der Waals surface area contributed by atoms with Gasteiger partial charge in [0.15, 0.2) is 0 Å². The molecule has 0 N–H and O–H groups in total. The topological polar surface area (TPSA) is 86.4 Å². The molecule has 0 fully saturated rings. The van der Waals surface area contributed by atoms with E-state index >= 15 is 0 Å². The summed E-state index contributed by atoms with van der Waals surface area (Å²) in [4.78, 5) is 0. The molecule has 0 saturated heterocycles. The Morgan fingerprint density at radius 1 is 0.520 bits per heavy atom. The summed E-state index contributed by atoms with van der Waals surface area (Å²) >= 11 is 0. The fourth-order valence-electron chi connectivity index (χ4n) is 0.893. The van der Waals surface area contributed by atoms with Crippen LogP contribution in [0.25, 0.3) is 0 Å². The van der Waals surface area contributed by atoms with Gasteiger partial charge in [0.05, 0.1) is 22.8 Å². The lowest BCUT2D eigenvalue weighted by molar-refractivity contribution is -0.0319. The number of hydrogen-bond acceptors (Lipinski definition) is 8. The van der Waals surface area contributed by atoms with Crippen LogP contribution in [-0.4, -0.2) is 31.9 Å². The zero-order chi connectivity index (χ0) is 19.3. The molecule has 0 aromatic rings. The molecular weight excluding hydrogens is 340 g/mol. The van der Waals surface area contributed by atoms with Crippen molar-refractivity contribution in [2.45, 2.75) is 81.1 Å². The highest BCUT2D eigenvalue weighted by molar-refractivity contribution is 6.53. The van der Waals surface area contributed by atoms with E-state index in [0.29, 0.717) is 0 Å². The van der Waals surface area contributed by atoms with Crippen LogP contribution in [0.5, 0.6) is 0 Å². The molecule has 144 valence electrons. The molecule has 0 unspecified atom stereocenters. The van der Waals surface area contributed by atoms with Crippen molar-refractivity contribution in [1.29, 1.82) is 0 Å². The summed E-state index contributed by atoms with van der Waals surface area (Å²) in [6.45, 7) is 15.2. The molecule has 0 aliphatic rings. The molecule has 8 nitrogen and oxygen atoms in total. The maximum absolute atomic E-state index is 5.51. The minimum atomic E-state index is -3.86. The van der Waals surface area contributed by atoms with E-state index in [4.69, 9.17) is 18.1 Å². The molecule has 0 aliphatic heterocycles. The third-order valence-corrected chi connectivity index (χ3v) is 4.56. The second-order valence-electron chi connectivity index (χ2n) is 5.59. The predicted molar refractivity (Wildman–Crippen MR) is 104 cm³/mol. The van der Waals surface area contributed by atoms with Gasteiger partial charge < -0.3 is 18.1 Å². The Morgan fingerprint density at radius 3 is 0.880 bits per heavy atom. The monoisotopic (exact) mass is 372 g/mol. The highest BCUT2D eigenvalue weighted by atomic mass is 28.4. The summed E-state index contributed by atoms with van der Waals surface area (Å²) < 4.78 is 22.0. The van der Waals surface area contributed by atoms with Crippen LogP contribution in [0.4, 0.5) is 0 Å². The number of rotatable bonds is 12. The van der Waals surface area contributed by atoms with E-state index in [1.807, 2.05) is 55.4 Å². The largest absolute Gasteiger partial charge is 1.05 e. The van der Waals surface area contributed by atoms with Crippen LogP contribution >= 0.6 is 0 Å². The molecule has 0 saturated carbocycles. The van der Waals surface area contributed by atoms with Gasteiger partial charge in [-0.15, -0.1) is 20.6 Å². The van der Waals surface area contributed by atoms with Gasteiger partial charge in [0.25, 0.3) is 0 Å². The van der Waals surface area contributed by atoms with Gasteiger partial charge in [-0.3, -0.25) is 0 Å². The van der Waals surface area contributed by atoms with Gasteiger partial charge in [0.1, 0.15) is 0 Å². The summed E-state index contributed by atoms with van der Waals surface area (Å²) in [5.41, 5.74) is 3.04. The lowest BCUT2D eigenvalue weighted by Gasteiger charge is -2.18. The normalized spacial score (nSPS) is 14.4. The van der Waals surface area contributed by atoms with Crippen molar-refractivity contribution in [2.24, 2.45) is 20.6 Å². The standard InChI is InChI=1S/C16H32N4O4Si/c1-9-13(5)17-21-25(22-18-14(6)10-2,23-19-15(7)11-3)24-20-16(8)12-4/h9-12H2,1-8H3/b17-13-,18-14+,19-15+,20-16+. The smallest absolute Gasteiger partial charge is 0.340 e. The quantitative estimate of drug-likeness (QED) is 0.284. The van der Waals surface area contributed by atoms with Gasteiger partial charge in [-0.1, -0.05) is 27.7 Å². The van der Waals surface area contributed by atoms with E-state index in [0.717, 1.165) is 48.5 Å². The Balaban J connectivity index is 5.71. The Kier molecular flexibility index (Phi) is 11.5. The molecule has 0 aromatic carbocycles. The molecule has 0 radical (unpaired) electrons. The first-order valence-corrected chi connectivity index (χ1v) is 10.3. The maximum atomic E-state index is 5.51. The summed E-state index contributed by atoms with van der Waals surface area (Å²) in [7, 11) is -3.86. The molecule has 0 rings (SSSR count). The lowest BCUT2D eigenvalue weighted by atomic mass is 10.3. The molecule has 0 spiro atoms. The van der Waals surface area contributed by atoms with Crippen molar-refractivity contribution in [3.8, 4) is 0 Å². The first-order valence-electron chi connectivity index (χ1n) is 8.68. The van der Waals surface area contributed by atoms with Crippen LogP contribution < -0.4 is 0 Å². The summed E-state index contributed by atoms with van der Waals surface area (Å²) in [6.07, 6.45) is 2.87. The molecule has 0 heterocycles. The summed E-state index contributed by atoms with van der Waals surface area (Å²) in [5, 5.41) is 16.1.